The fourth-order valence-electron chi connectivity index (χ4n) is 1.24. The second kappa shape index (κ2) is 3.91. The zero-order chi connectivity index (χ0) is 10.7. The lowest BCUT2D eigenvalue weighted by Gasteiger charge is -2.17. The van der Waals surface area contributed by atoms with Crippen LogP contribution in [0.4, 0.5) is 10.5 Å². The van der Waals surface area contributed by atoms with E-state index >= 15 is 0 Å². The van der Waals surface area contributed by atoms with E-state index in [1.54, 1.807) is 0 Å². The van der Waals surface area contributed by atoms with Crippen LogP contribution in [0.5, 0.6) is 0 Å². The maximum atomic E-state index is 11.3. The molecule has 1 aliphatic rings. The van der Waals surface area contributed by atoms with Gasteiger partial charge in [-0.25, -0.2) is 9.79 Å². The SMILES string of the molecule is O=C1N=CC(Nc2ccccc2)C(=O)N1. The third-order valence-corrected chi connectivity index (χ3v) is 1.95. The molecule has 0 bridgehead atoms. The molecule has 0 fully saturated rings. The highest BCUT2D eigenvalue weighted by Gasteiger charge is 2.22. The van der Waals surface area contributed by atoms with Gasteiger partial charge < -0.3 is 5.32 Å². The highest BCUT2D eigenvalue weighted by Crippen LogP contribution is 2.07. The molecule has 2 rings (SSSR count). The number of hydrogen-bond acceptors (Lipinski definition) is 3. The predicted molar refractivity (Wildman–Crippen MR) is 55.9 cm³/mol. The molecule has 0 saturated carbocycles. The number of amides is 3. The Morgan fingerprint density at radius 2 is 1.93 bits per heavy atom. The molecule has 1 atom stereocenters. The highest BCUT2D eigenvalue weighted by atomic mass is 16.2. The number of carbonyl (C=O) groups is 2. The predicted octanol–water partition coefficient (Wildman–Crippen LogP) is 0.788. The molecule has 2 N–H and O–H groups in total. The Kier molecular flexibility index (Phi) is 2.45. The Balaban J connectivity index is 2.10. The first-order chi connectivity index (χ1) is 7.25. The van der Waals surface area contributed by atoms with Crippen molar-refractivity contribution in [3.05, 3.63) is 30.3 Å². The van der Waals surface area contributed by atoms with E-state index in [1.165, 1.54) is 6.21 Å². The molecule has 15 heavy (non-hydrogen) atoms. The van der Waals surface area contributed by atoms with Crippen LogP contribution in [-0.2, 0) is 4.79 Å². The second-order valence-electron chi connectivity index (χ2n) is 3.06. The summed E-state index contributed by atoms with van der Waals surface area (Å²) in [5.41, 5.74) is 0.804. The van der Waals surface area contributed by atoms with Gasteiger partial charge in [0.1, 0.15) is 6.04 Å². The molecule has 76 valence electrons. The fourth-order valence-corrected chi connectivity index (χ4v) is 1.24. The van der Waals surface area contributed by atoms with Gasteiger partial charge in [-0.05, 0) is 12.1 Å². The third-order valence-electron chi connectivity index (χ3n) is 1.95. The van der Waals surface area contributed by atoms with E-state index in [0.717, 1.165) is 5.69 Å². The van der Waals surface area contributed by atoms with E-state index in [2.05, 4.69) is 15.6 Å². The number of aliphatic imine (C=N–C) groups is 1. The summed E-state index contributed by atoms with van der Waals surface area (Å²) in [6.07, 6.45) is 1.30. The smallest absolute Gasteiger partial charge is 0.347 e. The average Bonchev–Trinajstić information content (AvgIpc) is 2.24. The quantitative estimate of drug-likeness (QED) is 0.746. The number of carbonyl (C=O) groups excluding carboxylic acids is 2. The van der Waals surface area contributed by atoms with Gasteiger partial charge in [-0.15, -0.1) is 0 Å². The molecule has 1 aliphatic heterocycles. The number of anilines is 1. The second-order valence-corrected chi connectivity index (χ2v) is 3.06. The largest absolute Gasteiger partial charge is 0.369 e. The molecular weight excluding hydrogens is 194 g/mol. The van der Waals surface area contributed by atoms with Gasteiger partial charge >= 0.3 is 6.03 Å². The average molecular weight is 203 g/mol. The molecule has 0 spiro atoms. The van der Waals surface area contributed by atoms with Gasteiger partial charge in [-0.2, -0.15) is 0 Å². The van der Waals surface area contributed by atoms with Crippen molar-refractivity contribution >= 4 is 23.8 Å². The minimum atomic E-state index is -0.619. The first-order valence-corrected chi connectivity index (χ1v) is 4.46. The molecule has 5 nitrogen and oxygen atoms in total. The summed E-state index contributed by atoms with van der Waals surface area (Å²) in [5, 5.41) is 5.05. The van der Waals surface area contributed by atoms with Gasteiger partial charge in [-0.1, -0.05) is 18.2 Å². The molecule has 0 radical (unpaired) electrons. The number of urea groups is 1. The highest BCUT2D eigenvalue weighted by molar-refractivity contribution is 6.13. The molecule has 1 aromatic carbocycles. The van der Waals surface area contributed by atoms with Gasteiger partial charge in [0.25, 0.3) is 5.91 Å². The first-order valence-electron chi connectivity index (χ1n) is 4.46. The van der Waals surface area contributed by atoms with Gasteiger partial charge in [0.2, 0.25) is 0 Å². The summed E-state index contributed by atoms with van der Waals surface area (Å²) >= 11 is 0. The van der Waals surface area contributed by atoms with Crippen molar-refractivity contribution in [3.8, 4) is 0 Å². The molecule has 1 unspecified atom stereocenters. The van der Waals surface area contributed by atoms with Crippen LogP contribution < -0.4 is 10.6 Å². The van der Waals surface area contributed by atoms with Crippen molar-refractivity contribution in [1.29, 1.82) is 0 Å². The van der Waals surface area contributed by atoms with Gasteiger partial charge in [0.05, 0.1) is 0 Å². The Labute approximate surface area is 86.2 Å². The summed E-state index contributed by atoms with van der Waals surface area (Å²) < 4.78 is 0. The topological polar surface area (TPSA) is 70.6 Å². The number of para-hydroxylation sites is 1. The Morgan fingerprint density at radius 1 is 1.20 bits per heavy atom. The van der Waals surface area contributed by atoms with Crippen molar-refractivity contribution in [2.45, 2.75) is 6.04 Å². The maximum absolute atomic E-state index is 11.3. The van der Waals surface area contributed by atoms with E-state index in [1.807, 2.05) is 30.3 Å². The minimum absolute atomic E-state index is 0.390. The number of nitrogens with one attached hydrogen (secondary N) is 2. The Bertz CT molecular complexity index is 414. The Morgan fingerprint density at radius 3 is 2.60 bits per heavy atom. The third kappa shape index (κ3) is 2.19. The molecular formula is C10H9N3O2. The lowest BCUT2D eigenvalue weighted by atomic mass is 10.2. The number of hydrogen-bond donors (Lipinski definition) is 2. The van der Waals surface area contributed by atoms with E-state index < -0.39 is 12.1 Å². The lowest BCUT2D eigenvalue weighted by Crippen LogP contribution is -2.46. The number of rotatable bonds is 2. The van der Waals surface area contributed by atoms with Crippen molar-refractivity contribution in [1.82, 2.24) is 5.32 Å². The van der Waals surface area contributed by atoms with E-state index in [-0.39, 0.29) is 5.91 Å². The van der Waals surface area contributed by atoms with Crippen LogP contribution in [0.15, 0.2) is 35.3 Å². The summed E-state index contributed by atoms with van der Waals surface area (Å²) in [5.74, 6) is -0.390. The molecule has 0 aromatic heterocycles. The Hall–Kier alpha value is -2.17. The van der Waals surface area contributed by atoms with E-state index in [4.69, 9.17) is 0 Å². The maximum Gasteiger partial charge on any atom is 0.347 e. The van der Waals surface area contributed by atoms with Crippen molar-refractivity contribution < 1.29 is 9.59 Å². The number of imide groups is 1. The summed E-state index contributed by atoms with van der Waals surface area (Å²) in [7, 11) is 0. The van der Waals surface area contributed by atoms with E-state index in [0.29, 0.717) is 0 Å². The molecule has 0 saturated heterocycles. The summed E-state index contributed by atoms with van der Waals surface area (Å²) in [4.78, 5) is 25.5. The lowest BCUT2D eigenvalue weighted by molar-refractivity contribution is -0.119. The molecule has 0 aliphatic carbocycles. The number of nitrogens with zero attached hydrogens (tertiary/aromatic N) is 1. The van der Waals surface area contributed by atoms with Crippen molar-refractivity contribution in [3.63, 3.8) is 0 Å². The van der Waals surface area contributed by atoms with Crippen LogP contribution in [-0.4, -0.2) is 24.2 Å². The van der Waals surface area contributed by atoms with Gasteiger partial charge in [0, 0.05) is 11.9 Å². The summed E-state index contributed by atoms with van der Waals surface area (Å²) in [6.45, 7) is 0. The normalized spacial score (nSPS) is 19.9. The molecule has 1 aromatic rings. The van der Waals surface area contributed by atoms with Crippen molar-refractivity contribution in [2.24, 2.45) is 4.99 Å². The van der Waals surface area contributed by atoms with Crippen LogP contribution in [0.3, 0.4) is 0 Å². The van der Waals surface area contributed by atoms with Crippen LogP contribution >= 0.6 is 0 Å². The fraction of sp³-hybridized carbons (Fsp3) is 0.100. The van der Waals surface area contributed by atoms with Crippen LogP contribution in [0.2, 0.25) is 0 Å². The number of benzene rings is 1. The van der Waals surface area contributed by atoms with Gasteiger partial charge in [-0.3, -0.25) is 10.1 Å². The summed E-state index contributed by atoms with van der Waals surface area (Å²) in [6, 6.07) is 8.03. The van der Waals surface area contributed by atoms with Gasteiger partial charge in [0.15, 0.2) is 0 Å². The van der Waals surface area contributed by atoms with Crippen LogP contribution in [0.1, 0.15) is 0 Å². The zero-order valence-electron chi connectivity index (χ0n) is 7.81. The van der Waals surface area contributed by atoms with Crippen LogP contribution in [0.25, 0.3) is 0 Å². The molecule has 1 heterocycles. The first kappa shape index (κ1) is 9.39. The standard InChI is InChI=1S/C10H9N3O2/c14-9-8(6-11-10(15)13-9)12-7-4-2-1-3-5-7/h1-6,8,12H,(H,13,14,15). The van der Waals surface area contributed by atoms with E-state index in [9.17, 15) is 9.59 Å². The molecule has 5 heteroatoms. The van der Waals surface area contributed by atoms with Crippen molar-refractivity contribution in [2.75, 3.05) is 5.32 Å². The zero-order valence-corrected chi connectivity index (χ0v) is 7.81. The molecule has 3 amide bonds. The monoisotopic (exact) mass is 203 g/mol. The minimum Gasteiger partial charge on any atom is -0.369 e. The van der Waals surface area contributed by atoms with Crippen LogP contribution in [0, 0.1) is 0 Å².